The standard InChI is InChI=1S/C23H26BrN7O8/c1-3-22(33)26-17-13-19(29(6-8-32)7-10-39-9-4-5-25)21(38-2)14-18(17)27-28-23-16(24)11-15(30(34)35)12-20(23)31(36)37/h11-14,32H,3-4,6-10H2,1-2H3,(H,26,33). The maximum Gasteiger partial charge on any atom is 0.304 e. The number of nitriles is 1. The number of ether oxygens (including phenoxy) is 2. The number of halogens is 1. The van der Waals surface area contributed by atoms with Crippen LogP contribution in [0.2, 0.25) is 0 Å². The monoisotopic (exact) mass is 607 g/mol. The van der Waals surface area contributed by atoms with Gasteiger partial charge in [-0.1, -0.05) is 6.92 Å². The van der Waals surface area contributed by atoms with Crippen molar-refractivity contribution < 1.29 is 29.2 Å². The van der Waals surface area contributed by atoms with E-state index < -0.39 is 21.2 Å². The van der Waals surface area contributed by atoms with E-state index in [1.165, 1.54) is 13.2 Å². The summed E-state index contributed by atoms with van der Waals surface area (Å²) in [7, 11) is 1.41. The molecule has 1 amide bonds. The molecule has 0 aliphatic heterocycles. The number of anilines is 2. The van der Waals surface area contributed by atoms with Crippen LogP contribution in [0.4, 0.5) is 34.1 Å². The predicted molar refractivity (Wildman–Crippen MR) is 144 cm³/mol. The molecule has 16 heteroatoms. The van der Waals surface area contributed by atoms with E-state index in [1.54, 1.807) is 17.9 Å². The number of azo groups is 1. The Kier molecular flexibility index (Phi) is 12.1. The lowest BCUT2D eigenvalue weighted by Gasteiger charge is -2.26. The number of non-ortho nitro benzene ring substituents is 1. The van der Waals surface area contributed by atoms with Crippen LogP contribution < -0.4 is 15.0 Å². The minimum absolute atomic E-state index is 0.0274. The number of rotatable bonds is 15. The molecule has 0 aliphatic carbocycles. The van der Waals surface area contributed by atoms with Gasteiger partial charge in [-0.05, 0) is 22.0 Å². The number of carbonyl (C=O) groups excluding carboxylic acids is 1. The van der Waals surface area contributed by atoms with Crippen molar-refractivity contribution in [3.8, 4) is 11.8 Å². The second kappa shape index (κ2) is 15.3. The Hall–Kier alpha value is -4.20. The fraction of sp³-hybridized carbons (Fsp3) is 0.391. The minimum Gasteiger partial charge on any atom is -0.494 e. The SMILES string of the molecule is CCC(=O)Nc1cc(N(CCO)CCOCCC#N)c(OC)cc1N=Nc1c(Br)cc([N+](=O)[O-])cc1[N+](=O)[O-]. The number of nitrogens with zero attached hydrogens (tertiary/aromatic N) is 6. The van der Waals surface area contributed by atoms with Crippen LogP contribution in [0.25, 0.3) is 0 Å². The average molecular weight is 608 g/mol. The third-order valence-corrected chi connectivity index (χ3v) is 5.76. The molecule has 0 aliphatic rings. The zero-order chi connectivity index (χ0) is 28.9. The van der Waals surface area contributed by atoms with Gasteiger partial charge in [0.25, 0.3) is 5.69 Å². The van der Waals surface area contributed by atoms with Crippen molar-refractivity contribution in [2.75, 3.05) is 50.2 Å². The number of nitrogens with one attached hydrogen (secondary N) is 1. The van der Waals surface area contributed by atoms with Crippen LogP contribution in [-0.2, 0) is 9.53 Å². The number of amides is 1. The van der Waals surface area contributed by atoms with Gasteiger partial charge in [0.15, 0.2) is 5.69 Å². The molecule has 0 spiro atoms. The number of aliphatic hydroxyl groups is 1. The van der Waals surface area contributed by atoms with Gasteiger partial charge in [-0.25, -0.2) is 0 Å². The van der Waals surface area contributed by atoms with Crippen LogP contribution in [0.3, 0.4) is 0 Å². The molecule has 2 aromatic rings. The largest absolute Gasteiger partial charge is 0.494 e. The fourth-order valence-electron chi connectivity index (χ4n) is 3.28. The lowest BCUT2D eigenvalue weighted by molar-refractivity contribution is -0.393. The van der Waals surface area contributed by atoms with E-state index in [0.29, 0.717) is 18.0 Å². The van der Waals surface area contributed by atoms with E-state index in [0.717, 1.165) is 12.1 Å². The Balaban J connectivity index is 2.58. The maximum atomic E-state index is 12.3. The van der Waals surface area contributed by atoms with Crippen molar-refractivity contribution in [3.63, 3.8) is 0 Å². The molecule has 39 heavy (non-hydrogen) atoms. The van der Waals surface area contributed by atoms with Gasteiger partial charge in [0.05, 0.1) is 71.2 Å². The highest BCUT2D eigenvalue weighted by atomic mass is 79.9. The number of methoxy groups -OCH3 is 1. The number of benzene rings is 2. The van der Waals surface area contributed by atoms with Crippen LogP contribution in [0.1, 0.15) is 19.8 Å². The number of nitro benzene ring substituents is 2. The molecule has 0 bridgehead atoms. The van der Waals surface area contributed by atoms with Crippen LogP contribution >= 0.6 is 15.9 Å². The second-order valence-corrected chi connectivity index (χ2v) is 8.54. The summed E-state index contributed by atoms with van der Waals surface area (Å²) in [5.74, 6) is -0.0557. The molecule has 208 valence electrons. The quantitative estimate of drug-likeness (QED) is 0.123. The van der Waals surface area contributed by atoms with Gasteiger partial charge in [0.1, 0.15) is 11.4 Å². The first kappa shape index (κ1) is 31.0. The van der Waals surface area contributed by atoms with Crippen LogP contribution in [-0.4, -0.2) is 60.9 Å². The molecule has 0 radical (unpaired) electrons. The van der Waals surface area contributed by atoms with E-state index in [2.05, 4.69) is 31.5 Å². The van der Waals surface area contributed by atoms with E-state index in [1.807, 2.05) is 6.07 Å². The van der Waals surface area contributed by atoms with Gasteiger partial charge in [0.2, 0.25) is 5.91 Å². The molecular weight excluding hydrogens is 582 g/mol. The Labute approximate surface area is 231 Å². The third-order valence-electron chi connectivity index (χ3n) is 5.16. The summed E-state index contributed by atoms with van der Waals surface area (Å²) in [6.07, 6.45) is 0.379. The van der Waals surface area contributed by atoms with Crippen molar-refractivity contribution in [2.24, 2.45) is 10.2 Å². The molecule has 0 saturated carbocycles. The van der Waals surface area contributed by atoms with Gasteiger partial charge in [-0.15, -0.1) is 10.2 Å². The lowest BCUT2D eigenvalue weighted by atomic mass is 10.2. The number of aliphatic hydroxyl groups excluding tert-OH is 1. The van der Waals surface area contributed by atoms with E-state index in [9.17, 15) is 30.1 Å². The van der Waals surface area contributed by atoms with Crippen molar-refractivity contribution >= 4 is 56.0 Å². The Morgan fingerprint density at radius 3 is 2.51 bits per heavy atom. The van der Waals surface area contributed by atoms with E-state index in [4.69, 9.17) is 14.7 Å². The Bertz CT molecular complexity index is 1280. The zero-order valence-corrected chi connectivity index (χ0v) is 22.7. The summed E-state index contributed by atoms with van der Waals surface area (Å²) < 4.78 is 10.9. The molecule has 0 aromatic heterocycles. The summed E-state index contributed by atoms with van der Waals surface area (Å²) >= 11 is 3.08. The smallest absolute Gasteiger partial charge is 0.304 e. The highest BCUT2D eigenvalue weighted by Gasteiger charge is 2.24. The fourth-order valence-corrected chi connectivity index (χ4v) is 3.79. The normalized spacial score (nSPS) is 10.7. The topological polar surface area (TPSA) is 206 Å². The third kappa shape index (κ3) is 8.67. The van der Waals surface area contributed by atoms with Crippen molar-refractivity contribution in [2.45, 2.75) is 19.8 Å². The Morgan fingerprint density at radius 1 is 1.18 bits per heavy atom. The summed E-state index contributed by atoms with van der Waals surface area (Å²) in [6, 6.07) is 6.84. The highest BCUT2D eigenvalue weighted by Crippen LogP contribution is 2.43. The van der Waals surface area contributed by atoms with Crippen molar-refractivity contribution in [1.29, 1.82) is 5.26 Å². The molecule has 0 saturated heterocycles. The van der Waals surface area contributed by atoms with Gasteiger partial charge in [0, 0.05) is 31.6 Å². The van der Waals surface area contributed by atoms with Crippen LogP contribution in [0.15, 0.2) is 39.0 Å². The summed E-state index contributed by atoms with van der Waals surface area (Å²) in [4.78, 5) is 35.1. The van der Waals surface area contributed by atoms with Gasteiger partial charge in [-0.3, -0.25) is 25.0 Å². The predicted octanol–water partition coefficient (Wildman–Crippen LogP) is 4.77. The molecule has 0 atom stereocenters. The van der Waals surface area contributed by atoms with Crippen molar-refractivity contribution in [1.82, 2.24) is 0 Å². The minimum atomic E-state index is -0.818. The first-order chi connectivity index (χ1) is 18.7. The van der Waals surface area contributed by atoms with Crippen LogP contribution in [0.5, 0.6) is 5.75 Å². The molecule has 15 nitrogen and oxygen atoms in total. The highest BCUT2D eigenvalue weighted by molar-refractivity contribution is 9.10. The van der Waals surface area contributed by atoms with Gasteiger partial charge < -0.3 is 24.8 Å². The molecule has 2 rings (SSSR count). The van der Waals surface area contributed by atoms with Gasteiger partial charge in [-0.2, -0.15) is 5.26 Å². The second-order valence-electron chi connectivity index (χ2n) is 7.68. The average Bonchev–Trinajstić information content (AvgIpc) is 2.91. The number of hydrogen-bond acceptors (Lipinski definition) is 12. The summed E-state index contributed by atoms with van der Waals surface area (Å²) in [6.45, 7) is 2.48. The van der Waals surface area contributed by atoms with Crippen molar-refractivity contribution in [3.05, 3.63) is 49.0 Å². The maximum absolute atomic E-state index is 12.3. The lowest BCUT2D eigenvalue weighted by Crippen LogP contribution is -2.31. The molecular formula is C23H26BrN7O8. The number of carbonyl (C=O) groups is 1. The molecule has 0 heterocycles. The summed E-state index contributed by atoms with van der Waals surface area (Å²) in [5, 5.41) is 51.7. The van der Waals surface area contributed by atoms with E-state index >= 15 is 0 Å². The first-order valence-corrected chi connectivity index (χ1v) is 12.3. The number of nitro groups is 2. The number of hydrogen-bond donors (Lipinski definition) is 2. The molecule has 2 aromatic carbocycles. The molecule has 2 N–H and O–H groups in total. The van der Waals surface area contributed by atoms with Gasteiger partial charge >= 0.3 is 5.69 Å². The first-order valence-electron chi connectivity index (χ1n) is 11.5. The Morgan fingerprint density at radius 2 is 1.92 bits per heavy atom. The summed E-state index contributed by atoms with van der Waals surface area (Å²) in [5.41, 5.74) is -0.634. The molecule has 0 unspecified atom stereocenters. The van der Waals surface area contributed by atoms with E-state index in [-0.39, 0.29) is 66.6 Å². The zero-order valence-electron chi connectivity index (χ0n) is 21.1. The van der Waals surface area contributed by atoms with Crippen LogP contribution in [0, 0.1) is 31.6 Å². The molecule has 0 fully saturated rings.